The van der Waals surface area contributed by atoms with E-state index in [0.29, 0.717) is 11.5 Å². The van der Waals surface area contributed by atoms with Gasteiger partial charge < -0.3 is 5.32 Å². The number of hydrogen-bond donors (Lipinski definition) is 1. The minimum atomic E-state index is 0.432. The van der Waals surface area contributed by atoms with Crippen LogP contribution in [0.15, 0.2) is 46.9 Å². The molecule has 0 saturated carbocycles. The Morgan fingerprint density at radius 1 is 1.05 bits per heavy atom. The van der Waals surface area contributed by atoms with Gasteiger partial charge in [-0.3, -0.25) is 0 Å². The number of benzene rings is 2. The smallest absolute Gasteiger partial charge is 0.103 e. The van der Waals surface area contributed by atoms with E-state index in [4.69, 9.17) is 0 Å². The van der Waals surface area contributed by atoms with Crippen LogP contribution in [0.5, 0.6) is 0 Å². The molecule has 3 heteroatoms. The molecule has 2 aromatic rings. The molecule has 2 aromatic carbocycles. The molecule has 1 N–H and O–H groups in total. The molecule has 0 aromatic heterocycles. The predicted molar refractivity (Wildman–Crippen MR) is 82.7 cm³/mol. The Kier molecular flexibility index (Phi) is 4.24. The highest BCUT2D eigenvalue weighted by atomic mass is 79.9. The number of nitrogens with zero attached hydrogens (tertiary/aromatic N) is 1. The molecule has 0 radical (unpaired) electrons. The molecule has 0 aliphatic carbocycles. The Hall–Kier alpha value is -1.79. The lowest BCUT2D eigenvalue weighted by Gasteiger charge is -2.15. The molecule has 96 valence electrons. The van der Waals surface area contributed by atoms with Gasteiger partial charge in [-0.1, -0.05) is 38.1 Å². The van der Waals surface area contributed by atoms with Crippen LogP contribution in [0, 0.1) is 11.3 Å². The molecule has 0 saturated heterocycles. The van der Waals surface area contributed by atoms with E-state index in [1.165, 1.54) is 5.56 Å². The van der Waals surface area contributed by atoms with Crippen LogP contribution < -0.4 is 5.32 Å². The molecule has 19 heavy (non-hydrogen) atoms. The van der Waals surface area contributed by atoms with Crippen LogP contribution in [-0.2, 0) is 0 Å². The molecule has 0 bridgehead atoms. The third-order valence-corrected chi connectivity index (χ3v) is 3.64. The third-order valence-electron chi connectivity index (χ3n) is 2.98. The van der Waals surface area contributed by atoms with E-state index in [1.54, 1.807) is 0 Å². The Labute approximate surface area is 122 Å². The van der Waals surface area contributed by atoms with Crippen LogP contribution in [0.2, 0.25) is 0 Å². The first kappa shape index (κ1) is 13.6. The largest absolute Gasteiger partial charge is 0.354 e. The summed E-state index contributed by atoms with van der Waals surface area (Å²) < 4.78 is 0.807. The molecule has 0 aliphatic heterocycles. The maximum Gasteiger partial charge on any atom is 0.103 e. The summed E-state index contributed by atoms with van der Waals surface area (Å²) in [5.74, 6) is 0.432. The highest BCUT2D eigenvalue weighted by Crippen LogP contribution is 2.30. The van der Waals surface area contributed by atoms with Crippen LogP contribution in [0.3, 0.4) is 0 Å². The Bertz CT molecular complexity index is 627. The highest BCUT2D eigenvalue weighted by Gasteiger charge is 2.09. The summed E-state index contributed by atoms with van der Waals surface area (Å²) in [6, 6.07) is 16.1. The molecular formula is C16H15BrN2. The predicted octanol–water partition coefficient (Wildman–Crippen LogP) is 5.19. The van der Waals surface area contributed by atoms with Crippen LogP contribution in [0.4, 0.5) is 11.4 Å². The summed E-state index contributed by atoms with van der Waals surface area (Å²) >= 11 is 3.41. The molecule has 0 fully saturated rings. The van der Waals surface area contributed by atoms with Gasteiger partial charge in [0.2, 0.25) is 0 Å². The van der Waals surface area contributed by atoms with Gasteiger partial charge in [-0.15, -0.1) is 0 Å². The Morgan fingerprint density at radius 2 is 1.74 bits per heavy atom. The topological polar surface area (TPSA) is 35.8 Å². The van der Waals surface area contributed by atoms with Crippen molar-refractivity contribution in [3.63, 3.8) is 0 Å². The average molecular weight is 315 g/mol. The molecule has 0 aliphatic rings. The van der Waals surface area contributed by atoms with Crippen molar-refractivity contribution in [2.75, 3.05) is 5.32 Å². The first-order chi connectivity index (χ1) is 9.13. The molecule has 2 rings (SSSR count). The van der Waals surface area contributed by atoms with Gasteiger partial charge in [0, 0.05) is 10.2 Å². The van der Waals surface area contributed by atoms with Crippen LogP contribution in [0.25, 0.3) is 0 Å². The van der Waals surface area contributed by atoms with Gasteiger partial charge in [0.1, 0.15) is 6.07 Å². The maximum atomic E-state index is 9.24. The van der Waals surface area contributed by atoms with Crippen molar-refractivity contribution < 1.29 is 0 Å². The highest BCUT2D eigenvalue weighted by molar-refractivity contribution is 9.10. The van der Waals surface area contributed by atoms with Crippen molar-refractivity contribution in [3.8, 4) is 6.07 Å². The van der Waals surface area contributed by atoms with Crippen molar-refractivity contribution in [1.82, 2.24) is 0 Å². The summed E-state index contributed by atoms with van der Waals surface area (Å²) in [4.78, 5) is 0. The van der Waals surface area contributed by atoms with Crippen molar-refractivity contribution in [2.24, 2.45) is 0 Å². The first-order valence-electron chi connectivity index (χ1n) is 6.18. The van der Waals surface area contributed by atoms with E-state index in [2.05, 4.69) is 47.2 Å². The molecule has 0 atom stereocenters. The van der Waals surface area contributed by atoms with Crippen molar-refractivity contribution in [3.05, 3.63) is 58.1 Å². The zero-order chi connectivity index (χ0) is 13.8. The number of rotatable bonds is 3. The van der Waals surface area contributed by atoms with Gasteiger partial charge in [-0.05, 0) is 45.6 Å². The maximum absolute atomic E-state index is 9.24. The molecule has 0 spiro atoms. The Balaban J connectivity index is 2.43. The van der Waals surface area contributed by atoms with E-state index in [1.807, 2.05) is 36.4 Å². The average Bonchev–Trinajstić information content (AvgIpc) is 2.39. The zero-order valence-electron chi connectivity index (χ0n) is 10.9. The monoisotopic (exact) mass is 314 g/mol. The summed E-state index contributed by atoms with van der Waals surface area (Å²) in [5, 5.41) is 12.6. The molecule has 0 heterocycles. The summed E-state index contributed by atoms with van der Waals surface area (Å²) in [6.45, 7) is 4.32. The minimum Gasteiger partial charge on any atom is -0.354 e. The minimum absolute atomic E-state index is 0.432. The second-order valence-electron chi connectivity index (χ2n) is 4.64. The van der Waals surface area contributed by atoms with Gasteiger partial charge in [0.25, 0.3) is 0 Å². The van der Waals surface area contributed by atoms with Crippen molar-refractivity contribution in [1.29, 1.82) is 5.26 Å². The number of halogens is 1. The fourth-order valence-electron chi connectivity index (χ4n) is 2.00. The van der Waals surface area contributed by atoms with Crippen LogP contribution in [0.1, 0.15) is 30.9 Å². The second-order valence-corrected chi connectivity index (χ2v) is 5.50. The Morgan fingerprint density at radius 3 is 2.42 bits per heavy atom. The number of para-hydroxylation sites is 1. The van der Waals surface area contributed by atoms with Crippen LogP contribution in [-0.4, -0.2) is 0 Å². The quantitative estimate of drug-likeness (QED) is 0.846. The molecule has 0 amide bonds. The van der Waals surface area contributed by atoms with E-state index >= 15 is 0 Å². The zero-order valence-corrected chi connectivity index (χ0v) is 12.5. The van der Waals surface area contributed by atoms with Gasteiger partial charge >= 0.3 is 0 Å². The molecule has 2 nitrogen and oxygen atoms in total. The van der Waals surface area contributed by atoms with Gasteiger partial charge in [0.05, 0.1) is 11.3 Å². The first-order valence-corrected chi connectivity index (χ1v) is 6.97. The number of hydrogen-bond acceptors (Lipinski definition) is 2. The fourth-order valence-corrected chi connectivity index (χ4v) is 2.46. The normalized spacial score (nSPS) is 10.3. The lowest BCUT2D eigenvalue weighted by molar-refractivity contribution is 0.869. The molecule has 0 unspecified atom stereocenters. The SMILES string of the molecule is CC(C)c1ccccc1Nc1cccc(Br)c1C#N. The van der Waals surface area contributed by atoms with Crippen molar-refractivity contribution >= 4 is 27.3 Å². The van der Waals surface area contributed by atoms with E-state index in [9.17, 15) is 5.26 Å². The molecular weight excluding hydrogens is 300 g/mol. The lowest BCUT2D eigenvalue weighted by Crippen LogP contribution is -1.99. The lowest BCUT2D eigenvalue weighted by atomic mass is 10.0. The number of nitrogens with one attached hydrogen (secondary N) is 1. The van der Waals surface area contributed by atoms with E-state index < -0.39 is 0 Å². The number of nitriles is 1. The van der Waals surface area contributed by atoms with Crippen LogP contribution >= 0.6 is 15.9 Å². The number of anilines is 2. The standard InChI is InChI=1S/C16H15BrN2/c1-11(2)12-6-3-4-8-15(12)19-16-9-5-7-14(17)13(16)10-18/h3-9,11,19H,1-2H3. The van der Waals surface area contributed by atoms with E-state index in [0.717, 1.165) is 15.8 Å². The third kappa shape index (κ3) is 2.97. The van der Waals surface area contributed by atoms with Gasteiger partial charge in [0.15, 0.2) is 0 Å². The van der Waals surface area contributed by atoms with Gasteiger partial charge in [-0.2, -0.15) is 5.26 Å². The van der Waals surface area contributed by atoms with E-state index in [-0.39, 0.29) is 0 Å². The van der Waals surface area contributed by atoms with Gasteiger partial charge in [-0.25, -0.2) is 0 Å². The summed E-state index contributed by atoms with van der Waals surface area (Å²) in [7, 11) is 0. The summed E-state index contributed by atoms with van der Waals surface area (Å²) in [6.07, 6.45) is 0. The fraction of sp³-hybridized carbons (Fsp3) is 0.188. The second kappa shape index (κ2) is 5.90. The van der Waals surface area contributed by atoms with Crippen molar-refractivity contribution in [2.45, 2.75) is 19.8 Å². The summed E-state index contributed by atoms with van der Waals surface area (Å²) in [5.41, 5.74) is 3.74.